The number of hydrogen-bond acceptors (Lipinski definition) is 4. The van der Waals surface area contributed by atoms with Crippen LogP contribution in [-0.2, 0) is 14.3 Å². The Labute approximate surface area is 129 Å². The van der Waals surface area contributed by atoms with Gasteiger partial charge in [0, 0.05) is 17.4 Å². The fraction of sp³-hybridized carbons (Fsp3) is 0.500. The monoisotopic (exact) mass is 300 g/mol. The molecular formula is C18H20O4. The Balaban J connectivity index is 1.80. The van der Waals surface area contributed by atoms with Crippen LogP contribution in [0, 0.1) is 11.8 Å². The van der Waals surface area contributed by atoms with Gasteiger partial charge in [-0.3, -0.25) is 0 Å². The fourth-order valence-corrected chi connectivity index (χ4v) is 4.38. The Kier molecular flexibility index (Phi) is 2.81. The summed E-state index contributed by atoms with van der Waals surface area (Å²) in [6, 6.07) is 8.17. The van der Waals surface area contributed by atoms with Gasteiger partial charge in [0.05, 0.1) is 24.4 Å². The molecule has 2 heterocycles. The first-order valence-corrected chi connectivity index (χ1v) is 7.83. The molecule has 116 valence electrons. The number of carbonyl (C=O) groups excluding carboxylic acids is 1. The molecule has 1 aliphatic carbocycles. The molecule has 1 aromatic carbocycles. The minimum absolute atomic E-state index is 0.0142. The summed E-state index contributed by atoms with van der Waals surface area (Å²) in [4.78, 5) is 12.4. The zero-order valence-corrected chi connectivity index (χ0v) is 13.0. The van der Waals surface area contributed by atoms with Crippen LogP contribution in [0.5, 0.6) is 0 Å². The number of aliphatic hydroxyl groups is 1. The minimum Gasteiger partial charge on any atom is -0.463 e. The van der Waals surface area contributed by atoms with Crippen LogP contribution in [0.25, 0.3) is 0 Å². The third kappa shape index (κ3) is 1.62. The van der Waals surface area contributed by atoms with Crippen LogP contribution in [-0.4, -0.2) is 23.3 Å². The van der Waals surface area contributed by atoms with E-state index < -0.39 is 5.60 Å². The topological polar surface area (TPSA) is 55.8 Å². The maximum Gasteiger partial charge on any atom is 0.334 e. The second-order valence-corrected chi connectivity index (χ2v) is 6.76. The molecule has 4 rings (SSSR count). The molecule has 2 bridgehead atoms. The SMILES string of the molecule is CCOC(=O)C1=C(C(C)(C)O)C2C3OC(c4ccccc43)C12. The average molecular weight is 300 g/mol. The summed E-state index contributed by atoms with van der Waals surface area (Å²) < 4.78 is 11.4. The Morgan fingerprint density at radius 3 is 2.36 bits per heavy atom. The van der Waals surface area contributed by atoms with Crippen molar-refractivity contribution in [1.29, 1.82) is 0 Å². The van der Waals surface area contributed by atoms with Crippen molar-refractivity contribution in [1.82, 2.24) is 0 Å². The van der Waals surface area contributed by atoms with Gasteiger partial charge >= 0.3 is 5.97 Å². The summed E-state index contributed by atoms with van der Waals surface area (Å²) in [6.45, 7) is 5.60. The lowest BCUT2D eigenvalue weighted by Crippen LogP contribution is -2.46. The summed E-state index contributed by atoms with van der Waals surface area (Å²) in [5.41, 5.74) is 2.74. The lowest BCUT2D eigenvalue weighted by molar-refractivity contribution is -0.140. The zero-order valence-electron chi connectivity index (χ0n) is 13.0. The molecule has 3 aliphatic rings. The van der Waals surface area contributed by atoms with Gasteiger partial charge in [-0.1, -0.05) is 24.3 Å². The highest BCUT2D eigenvalue weighted by atomic mass is 16.5. The summed E-state index contributed by atoms with van der Waals surface area (Å²) >= 11 is 0. The van der Waals surface area contributed by atoms with E-state index in [4.69, 9.17) is 9.47 Å². The lowest BCUT2D eigenvalue weighted by atomic mass is 9.56. The lowest BCUT2D eigenvalue weighted by Gasteiger charge is -2.46. The molecule has 22 heavy (non-hydrogen) atoms. The van der Waals surface area contributed by atoms with E-state index in [0.29, 0.717) is 12.2 Å². The average Bonchev–Trinajstić information content (AvgIpc) is 2.90. The molecule has 4 unspecified atom stereocenters. The van der Waals surface area contributed by atoms with E-state index in [-0.39, 0.29) is 30.0 Å². The van der Waals surface area contributed by atoms with Crippen LogP contribution in [0.1, 0.15) is 44.1 Å². The van der Waals surface area contributed by atoms with E-state index in [1.54, 1.807) is 20.8 Å². The van der Waals surface area contributed by atoms with E-state index >= 15 is 0 Å². The van der Waals surface area contributed by atoms with Gasteiger partial charge in [-0.2, -0.15) is 0 Å². The van der Waals surface area contributed by atoms with Gasteiger partial charge < -0.3 is 14.6 Å². The van der Waals surface area contributed by atoms with Crippen LogP contribution in [0.15, 0.2) is 35.4 Å². The van der Waals surface area contributed by atoms with E-state index in [1.807, 2.05) is 12.1 Å². The van der Waals surface area contributed by atoms with Crippen molar-refractivity contribution < 1.29 is 19.4 Å². The van der Waals surface area contributed by atoms with E-state index in [1.165, 1.54) is 11.1 Å². The Morgan fingerprint density at radius 1 is 1.23 bits per heavy atom. The van der Waals surface area contributed by atoms with Crippen LogP contribution < -0.4 is 0 Å². The van der Waals surface area contributed by atoms with Gasteiger partial charge in [0.1, 0.15) is 0 Å². The fourth-order valence-electron chi connectivity index (χ4n) is 4.38. The molecule has 4 heteroatoms. The molecule has 2 aliphatic heterocycles. The highest BCUT2D eigenvalue weighted by Gasteiger charge is 2.64. The normalized spacial score (nSPS) is 31.6. The molecule has 0 saturated carbocycles. The van der Waals surface area contributed by atoms with Crippen LogP contribution in [0.2, 0.25) is 0 Å². The summed E-state index contributed by atoms with van der Waals surface area (Å²) in [7, 11) is 0. The first-order chi connectivity index (χ1) is 10.4. The van der Waals surface area contributed by atoms with E-state index in [2.05, 4.69) is 12.1 Å². The molecule has 0 radical (unpaired) electrons. The summed E-state index contributed by atoms with van der Waals surface area (Å²) in [5, 5.41) is 10.5. The van der Waals surface area contributed by atoms with Crippen molar-refractivity contribution in [2.45, 2.75) is 38.6 Å². The Bertz CT molecular complexity index is 683. The van der Waals surface area contributed by atoms with Crippen LogP contribution in [0.4, 0.5) is 0 Å². The maximum atomic E-state index is 12.4. The molecule has 1 N–H and O–H groups in total. The molecule has 1 saturated heterocycles. The number of esters is 1. The Hall–Kier alpha value is -1.65. The third-order valence-electron chi connectivity index (χ3n) is 5.05. The third-order valence-corrected chi connectivity index (χ3v) is 5.05. The predicted octanol–water partition coefficient (Wildman–Crippen LogP) is 2.69. The van der Waals surface area contributed by atoms with Crippen LogP contribution >= 0.6 is 0 Å². The summed E-state index contributed by atoms with van der Waals surface area (Å²) in [5.74, 6) is -0.214. The number of hydrogen-bond donors (Lipinski definition) is 1. The van der Waals surface area contributed by atoms with Crippen LogP contribution in [0.3, 0.4) is 0 Å². The smallest absolute Gasteiger partial charge is 0.334 e. The van der Waals surface area contributed by atoms with Gasteiger partial charge in [0.25, 0.3) is 0 Å². The van der Waals surface area contributed by atoms with Crippen molar-refractivity contribution in [3.63, 3.8) is 0 Å². The number of benzene rings is 1. The second kappa shape index (κ2) is 4.43. The largest absolute Gasteiger partial charge is 0.463 e. The van der Waals surface area contributed by atoms with Crippen molar-refractivity contribution in [2.24, 2.45) is 11.8 Å². The molecule has 0 spiro atoms. The molecule has 1 aromatic rings. The highest BCUT2D eigenvalue weighted by Crippen LogP contribution is 2.68. The number of rotatable bonds is 3. The van der Waals surface area contributed by atoms with Crippen molar-refractivity contribution in [3.8, 4) is 0 Å². The number of ether oxygens (including phenoxy) is 2. The molecule has 0 aromatic heterocycles. The first-order valence-electron chi connectivity index (χ1n) is 7.83. The van der Waals surface area contributed by atoms with Gasteiger partial charge in [-0.05, 0) is 37.5 Å². The van der Waals surface area contributed by atoms with Crippen molar-refractivity contribution >= 4 is 5.97 Å². The van der Waals surface area contributed by atoms with Crippen molar-refractivity contribution in [3.05, 3.63) is 46.5 Å². The first kappa shape index (κ1) is 14.0. The highest BCUT2D eigenvalue weighted by molar-refractivity contribution is 5.93. The summed E-state index contributed by atoms with van der Waals surface area (Å²) in [6.07, 6.45) is -0.137. The molecule has 1 fully saturated rings. The van der Waals surface area contributed by atoms with E-state index in [0.717, 1.165) is 5.57 Å². The second-order valence-electron chi connectivity index (χ2n) is 6.76. The van der Waals surface area contributed by atoms with Crippen molar-refractivity contribution in [2.75, 3.05) is 6.61 Å². The zero-order chi connectivity index (χ0) is 15.6. The predicted molar refractivity (Wildman–Crippen MR) is 79.9 cm³/mol. The van der Waals surface area contributed by atoms with E-state index in [9.17, 15) is 9.90 Å². The molecule has 0 amide bonds. The quantitative estimate of drug-likeness (QED) is 0.872. The number of fused-ring (bicyclic) bond motifs is 8. The standard InChI is InChI=1S/C18H20O4/c1-4-21-17(19)13-11-12(14(13)18(2,3)20)16-10-8-6-5-7-9(10)15(11)22-16/h5-8,11-12,15-16,20H,4H2,1-3H3. The van der Waals surface area contributed by atoms with Gasteiger partial charge in [-0.25, -0.2) is 4.79 Å². The van der Waals surface area contributed by atoms with Gasteiger partial charge in [-0.15, -0.1) is 0 Å². The van der Waals surface area contributed by atoms with Gasteiger partial charge in [0.2, 0.25) is 0 Å². The molecular weight excluding hydrogens is 280 g/mol. The Morgan fingerprint density at radius 2 is 1.82 bits per heavy atom. The maximum absolute atomic E-state index is 12.4. The van der Waals surface area contributed by atoms with Gasteiger partial charge in [0.15, 0.2) is 0 Å². The minimum atomic E-state index is -1.04. The molecule has 4 nitrogen and oxygen atoms in total. The molecule has 4 atom stereocenters. The number of carbonyl (C=O) groups is 1.